The molecule has 2 aromatic rings. The Morgan fingerprint density at radius 1 is 0.509 bits per heavy atom. The van der Waals surface area contributed by atoms with Crippen LogP contribution in [0.3, 0.4) is 0 Å². The first-order valence-corrected chi connectivity index (χ1v) is 16.7. The number of benzene rings is 2. The Morgan fingerprint density at radius 3 is 1.20 bits per heavy atom. The molecule has 0 unspecified atom stereocenters. The van der Waals surface area contributed by atoms with Gasteiger partial charge in [-0.25, -0.2) is 4.79 Å². The molecule has 55 heavy (non-hydrogen) atoms. The fraction of sp³-hybridized carbons (Fsp3) is 0.382. The first kappa shape index (κ1) is 44.4. The number of carboxylic acid groups (broad SMARTS) is 1. The molecule has 16 N–H and O–H groups in total. The van der Waals surface area contributed by atoms with Crippen LogP contribution in [0.15, 0.2) is 48.5 Å². The van der Waals surface area contributed by atoms with Gasteiger partial charge in [0, 0.05) is 25.7 Å². The number of hydrogen-bond acceptors (Lipinski definition) is 12. The highest BCUT2D eigenvalue weighted by Gasteiger charge is 2.33. The van der Waals surface area contributed by atoms with Gasteiger partial charge in [0.15, 0.2) is 0 Å². The smallest absolute Gasteiger partial charge is 0.326 e. The van der Waals surface area contributed by atoms with Gasteiger partial charge in [-0.15, -0.1) is 0 Å². The van der Waals surface area contributed by atoms with E-state index in [0.717, 1.165) is 0 Å². The molecule has 21 heteroatoms. The van der Waals surface area contributed by atoms with E-state index in [-0.39, 0.29) is 24.3 Å². The second kappa shape index (κ2) is 21.7. The normalized spacial score (nSPS) is 13.4. The molecule has 0 aliphatic heterocycles. The van der Waals surface area contributed by atoms with Crippen LogP contribution < -0.4 is 49.5 Å². The van der Waals surface area contributed by atoms with E-state index in [4.69, 9.17) is 22.9 Å². The van der Waals surface area contributed by atoms with Gasteiger partial charge in [-0.05, 0) is 48.2 Å². The third kappa shape index (κ3) is 16.2. The van der Waals surface area contributed by atoms with Gasteiger partial charge in [-0.2, -0.15) is 0 Å². The fourth-order valence-electron chi connectivity index (χ4n) is 5.01. The molecular formula is C34H45N9O12. The molecule has 0 fully saturated rings. The molecule has 2 rings (SSSR count). The van der Waals surface area contributed by atoms with Crippen molar-refractivity contribution in [1.82, 2.24) is 26.6 Å². The van der Waals surface area contributed by atoms with Crippen molar-refractivity contribution in [3.8, 4) is 11.5 Å². The van der Waals surface area contributed by atoms with E-state index >= 15 is 0 Å². The summed E-state index contributed by atoms with van der Waals surface area (Å²) in [5.41, 5.74) is 22.0. The predicted octanol–water partition coefficient (Wildman–Crippen LogP) is -4.24. The number of phenols is 2. The molecule has 298 valence electrons. The molecule has 2 aromatic carbocycles. The zero-order valence-electron chi connectivity index (χ0n) is 29.5. The van der Waals surface area contributed by atoms with Gasteiger partial charge < -0.3 is 64.8 Å². The van der Waals surface area contributed by atoms with E-state index in [1.54, 1.807) is 0 Å². The van der Waals surface area contributed by atoms with Gasteiger partial charge in [0.05, 0.1) is 13.0 Å². The molecule has 0 saturated heterocycles. The molecular weight excluding hydrogens is 726 g/mol. The number of primary amides is 3. The summed E-state index contributed by atoms with van der Waals surface area (Å²) in [6.07, 6.45) is -2.95. The van der Waals surface area contributed by atoms with Gasteiger partial charge in [-0.1, -0.05) is 24.3 Å². The summed E-state index contributed by atoms with van der Waals surface area (Å²) in [7, 11) is 0. The number of carboxylic acids is 1. The Kier molecular flexibility index (Phi) is 17.5. The molecule has 5 atom stereocenters. The number of nitrogens with one attached hydrogen (secondary N) is 5. The Morgan fingerprint density at radius 2 is 0.855 bits per heavy atom. The number of rotatable bonds is 23. The van der Waals surface area contributed by atoms with Crippen LogP contribution in [0, 0.1) is 0 Å². The summed E-state index contributed by atoms with van der Waals surface area (Å²) in [5, 5.41) is 40.5. The lowest BCUT2D eigenvalue weighted by atomic mass is 10.0. The zero-order chi connectivity index (χ0) is 41.2. The van der Waals surface area contributed by atoms with Crippen molar-refractivity contribution in [2.45, 2.75) is 75.2 Å². The number of hydrogen-bond donors (Lipinski definition) is 12. The highest BCUT2D eigenvalue weighted by molar-refractivity contribution is 5.97. The number of amides is 8. The average molecular weight is 772 g/mol. The molecule has 0 aliphatic carbocycles. The summed E-state index contributed by atoms with van der Waals surface area (Å²) in [5.74, 6) is -9.42. The molecule has 0 aliphatic rings. The maximum Gasteiger partial charge on any atom is 0.326 e. The quantitative estimate of drug-likeness (QED) is 0.0510. The van der Waals surface area contributed by atoms with Crippen molar-refractivity contribution < 1.29 is 58.5 Å². The minimum absolute atomic E-state index is 0.0614. The molecule has 0 saturated carbocycles. The molecule has 0 aromatic heterocycles. The van der Waals surface area contributed by atoms with Crippen molar-refractivity contribution >= 4 is 53.2 Å². The fourth-order valence-corrected chi connectivity index (χ4v) is 5.01. The summed E-state index contributed by atoms with van der Waals surface area (Å²) >= 11 is 0. The van der Waals surface area contributed by atoms with Crippen LogP contribution in [0.25, 0.3) is 0 Å². The summed E-state index contributed by atoms with van der Waals surface area (Å²) < 4.78 is 0. The van der Waals surface area contributed by atoms with Crippen molar-refractivity contribution in [3.05, 3.63) is 59.7 Å². The zero-order valence-corrected chi connectivity index (χ0v) is 29.5. The molecule has 0 radical (unpaired) electrons. The van der Waals surface area contributed by atoms with Crippen molar-refractivity contribution in [2.75, 3.05) is 6.54 Å². The Balaban J connectivity index is 2.41. The van der Waals surface area contributed by atoms with Crippen LogP contribution in [-0.4, -0.2) is 105 Å². The predicted molar refractivity (Wildman–Crippen MR) is 191 cm³/mol. The third-order valence-electron chi connectivity index (χ3n) is 7.87. The molecule has 0 heterocycles. The summed E-state index contributed by atoms with van der Waals surface area (Å²) in [4.78, 5) is 113. The van der Waals surface area contributed by atoms with E-state index in [2.05, 4.69) is 26.6 Å². The Bertz CT molecular complexity index is 1720. The van der Waals surface area contributed by atoms with Crippen LogP contribution in [0.2, 0.25) is 0 Å². The second-order valence-electron chi connectivity index (χ2n) is 12.3. The first-order chi connectivity index (χ1) is 25.9. The van der Waals surface area contributed by atoms with Gasteiger partial charge in [0.1, 0.15) is 41.7 Å². The lowest BCUT2D eigenvalue weighted by Crippen LogP contribution is -2.59. The topological polar surface area (TPSA) is 379 Å². The van der Waals surface area contributed by atoms with E-state index < -0.39 is 122 Å². The third-order valence-corrected chi connectivity index (χ3v) is 7.87. The van der Waals surface area contributed by atoms with Crippen LogP contribution in [-0.2, 0) is 56.0 Å². The van der Waals surface area contributed by atoms with Gasteiger partial charge >= 0.3 is 5.97 Å². The minimum Gasteiger partial charge on any atom is -0.508 e. The SMILES string of the molecule is NCC(=O)N[C@@H](Cc1ccc(O)cc1)C(=O)N[C@@H](CCC(N)=O)C(=O)N[C@@H](CCC(N)=O)C(=O)N[C@@H](Cc1ccc(O)cc1)C(=O)N[C@@H](CC(N)=O)C(=O)O. The first-order valence-electron chi connectivity index (χ1n) is 16.7. The number of aliphatic carboxylic acids is 1. The largest absolute Gasteiger partial charge is 0.508 e. The molecule has 0 bridgehead atoms. The molecule has 8 amide bonds. The minimum atomic E-state index is -1.78. The second-order valence-corrected chi connectivity index (χ2v) is 12.3. The lowest BCUT2D eigenvalue weighted by molar-refractivity contribution is -0.143. The van der Waals surface area contributed by atoms with Crippen LogP contribution >= 0.6 is 0 Å². The van der Waals surface area contributed by atoms with Crippen molar-refractivity contribution in [1.29, 1.82) is 0 Å². The lowest BCUT2D eigenvalue weighted by Gasteiger charge is -2.27. The number of carbonyl (C=O) groups is 9. The van der Waals surface area contributed by atoms with Crippen molar-refractivity contribution in [2.24, 2.45) is 22.9 Å². The monoisotopic (exact) mass is 771 g/mol. The van der Waals surface area contributed by atoms with E-state index in [0.29, 0.717) is 11.1 Å². The van der Waals surface area contributed by atoms with Gasteiger partial charge in [0.2, 0.25) is 47.3 Å². The van der Waals surface area contributed by atoms with Gasteiger partial charge in [0.25, 0.3) is 0 Å². The standard InChI is InChI=1S/C34H45N9O12/c35-16-29(49)39-23(13-17-1-5-19(44)6-2-17)32(52)41-21(9-11-26(36)46)30(50)40-22(10-12-27(37)47)31(51)42-24(14-18-3-7-20(45)8-4-18)33(53)43-25(34(54)55)15-28(38)48/h1-8,21-25,44-45H,9-16,35H2,(H2,36,46)(H2,37,47)(H2,38,48)(H,39,49)(H,40,50)(H,41,52)(H,42,51)(H,43,53)(H,54,55)/t21-,22-,23-,24-,25-/m0/s1. The maximum absolute atomic E-state index is 13.7. The average Bonchev–Trinajstić information content (AvgIpc) is 3.11. The molecule has 0 spiro atoms. The van der Waals surface area contributed by atoms with Crippen molar-refractivity contribution in [3.63, 3.8) is 0 Å². The van der Waals surface area contributed by atoms with Crippen LogP contribution in [0.4, 0.5) is 0 Å². The molecule has 21 nitrogen and oxygen atoms in total. The van der Waals surface area contributed by atoms with Crippen LogP contribution in [0.1, 0.15) is 43.2 Å². The Labute approximate surface area is 313 Å². The summed E-state index contributed by atoms with van der Waals surface area (Å²) in [6, 6.07) is 3.17. The number of aromatic hydroxyl groups is 2. The number of nitrogens with two attached hydrogens (primary N) is 4. The number of phenolic OH excluding ortho intramolecular Hbond substituents is 2. The highest BCUT2D eigenvalue weighted by Crippen LogP contribution is 2.14. The summed E-state index contributed by atoms with van der Waals surface area (Å²) in [6.45, 7) is -0.491. The van der Waals surface area contributed by atoms with Gasteiger partial charge in [-0.3, -0.25) is 38.4 Å². The number of carbonyl (C=O) groups excluding carboxylic acids is 8. The highest BCUT2D eigenvalue weighted by atomic mass is 16.4. The van der Waals surface area contributed by atoms with E-state index in [1.165, 1.54) is 48.5 Å². The Hall–Kier alpha value is -6.77. The van der Waals surface area contributed by atoms with E-state index in [1.807, 2.05) is 0 Å². The van der Waals surface area contributed by atoms with E-state index in [9.17, 15) is 58.5 Å². The van der Waals surface area contributed by atoms with Crippen LogP contribution in [0.5, 0.6) is 11.5 Å². The maximum atomic E-state index is 13.7.